The number of carbonyl (C=O) groups is 1. The van der Waals surface area contributed by atoms with E-state index in [2.05, 4.69) is 18.3 Å². The standard InChI is InChI=1S/C18H14ClNO2S/c1-11-16(12-2-6-14(19)7-3-12)10-17(23-11)20-15-8-4-13(5-9-15)18(21)22/h2-10,20H,1H3,(H,21,22). The Morgan fingerprint density at radius 1 is 1.09 bits per heavy atom. The smallest absolute Gasteiger partial charge is 0.335 e. The van der Waals surface area contributed by atoms with E-state index in [4.69, 9.17) is 16.7 Å². The molecular formula is C18H14ClNO2S. The maximum absolute atomic E-state index is 10.9. The lowest BCUT2D eigenvalue weighted by Gasteiger charge is -2.03. The van der Waals surface area contributed by atoms with Crippen LogP contribution in [0.2, 0.25) is 5.02 Å². The Labute approximate surface area is 143 Å². The van der Waals surface area contributed by atoms with E-state index in [1.807, 2.05) is 24.3 Å². The summed E-state index contributed by atoms with van der Waals surface area (Å²) in [6.07, 6.45) is 0. The van der Waals surface area contributed by atoms with E-state index in [1.165, 1.54) is 4.88 Å². The van der Waals surface area contributed by atoms with Gasteiger partial charge in [0, 0.05) is 15.6 Å². The highest BCUT2D eigenvalue weighted by Gasteiger charge is 2.08. The summed E-state index contributed by atoms with van der Waals surface area (Å²) < 4.78 is 0. The third-order valence-electron chi connectivity index (χ3n) is 3.47. The highest BCUT2D eigenvalue weighted by molar-refractivity contribution is 7.16. The van der Waals surface area contributed by atoms with Gasteiger partial charge in [0.2, 0.25) is 0 Å². The Balaban J connectivity index is 1.83. The van der Waals surface area contributed by atoms with Crippen molar-refractivity contribution in [1.29, 1.82) is 0 Å². The van der Waals surface area contributed by atoms with Crippen LogP contribution in [0, 0.1) is 6.92 Å². The minimum Gasteiger partial charge on any atom is -0.478 e. The van der Waals surface area contributed by atoms with Crippen molar-refractivity contribution in [3.05, 3.63) is 70.1 Å². The molecule has 0 amide bonds. The third-order valence-corrected chi connectivity index (χ3v) is 4.69. The van der Waals surface area contributed by atoms with Gasteiger partial charge in [-0.1, -0.05) is 23.7 Å². The van der Waals surface area contributed by atoms with Gasteiger partial charge in [-0.2, -0.15) is 0 Å². The summed E-state index contributed by atoms with van der Waals surface area (Å²) >= 11 is 7.59. The van der Waals surface area contributed by atoms with Crippen molar-refractivity contribution >= 4 is 39.6 Å². The summed E-state index contributed by atoms with van der Waals surface area (Å²) in [7, 11) is 0. The molecule has 3 aromatic rings. The number of aromatic carboxylic acids is 1. The van der Waals surface area contributed by atoms with Crippen LogP contribution < -0.4 is 5.32 Å². The number of halogens is 1. The van der Waals surface area contributed by atoms with Crippen molar-refractivity contribution in [2.75, 3.05) is 5.32 Å². The Morgan fingerprint density at radius 2 is 1.74 bits per heavy atom. The van der Waals surface area contributed by atoms with Crippen LogP contribution in [0.15, 0.2) is 54.6 Å². The van der Waals surface area contributed by atoms with Crippen molar-refractivity contribution < 1.29 is 9.90 Å². The minimum absolute atomic E-state index is 0.278. The normalized spacial score (nSPS) is 10.5. The van der Waals surface area contributed by atoms with Gasteiger partial charge in [0.15, 0.2) is 0 Å². The zero-order valence-corrected chi connectivity index (χ0v) is 13.9. The van der Waals surface area contributed by atoms with Gasteiger partial charge in [0.05, 0.1) is 10.6 Å². The highest BCUT2D eigenvalue weighted by atomic mass is 35.5. The van der Waals surface area contributed by atoms with Crippen molar-refractivity contribution in [2.24, 2.45) is 0 Å². The fourth-order valence-corrected chi connectivity index (χ4v) is 3.39. The number of benzene rings is 2. The number of carboxylic acid groups (broad SMARTS) is 1. The molecule has 0 fully saturated rings. The lowest BCUT2D eigenvalue weighted by atomic mass is 10.1. The number of hydrogen-bond acceptors (Lipinski definition) is 3. The molecule has 1 aromatic heterocycles. The molecule has 0 spiro atoms. The molecule has 3 rings (SSSR count). The van der Waals surface area contributed by atoms with E-state index in [-0.39, 0.29) is 5.56 Å². The largest absolute Gasteiger partial charge is 0.478 e. The van der Waals surface area contributed by atoms with E-state index in [0.29, 0.717) is 0 Å². The summed E-state index contributed by atoms with van der Waals surface area (Å²) in [4.78, 5) is 12.1. The summed E-state index contributed by atoms with van der Waals surface area (Å²) in [6, 6.07) is 16.6. The second kappa shape index (κ2) is 6.44. The number of carboxylic acids is 1. The maximum atomic E-state index is 10.9. The second-order valence-corrected chi connectivity index (χ2v) is 6.79. The molecular weight excluding hydrogens is 330 g/mol. The van der Waals surface area contributed by atoms with Crippen LogP contribution in [0.3, 0.4) is 0 Å². The first kappa shape index (κ1) is 15.6. The molecule has 0 bridgehead atoms. The van der Waals surface area contributed by atoms with Crippen molar-refractivity contribution in [3.63, 3.8) is 0 Å². The van der Waals surface area contributed by atoms with Gasteiger partial charge in [-0.3, -0.25) is 0 Å². The van der Waals surface area contributed by atoms with Crippen LogP contribution in [0.5, 0.6) is 0 Å². The number of hydrogen-bond donors (Lipinski definition) is 2. The Bertz CT molecular complexity index is 838. The van der Waals surface area contributed by atoms with Gasteiger partial charge in [-0.25, -0.2) is 4.79 Å². The van der Waals surface area contributed by atoms with Gasteiger partial charge >= 0.3 is 5.97 Å². The molecule has 0 aliphatic rings. The quantitative estimate of drug-likeness (QED) is 0.627. The average Bonchev–Trinajstić information content (AvgIpc) is 2.89. The van der Waals surface area contributed by atoms with Crippen molar-refractivity contribution in [3.8, 4) is 11.1 Å². The number of aryl methyl sites for hydroxylation is 1. The Morgan fingerprint density at radius 3 is 2.35 bits per heavy atom. The van der Waals surface area contributed by atoms with Crippen molar-refractivity contribution in [1.82, 2.24) is 0 Å². The predicted molar refractivity (Wildman–Crippen MR) is 96.2 cm³/mol. The lowest BCUT2D eigenvalue weighted by molar-refractivity contribution is 0.0697. The average molecular weight is 344 g/mol. The van der Waals surface area contributed by atoms with E-state index in [9.17, 15) is 4.79 Å². The molecule has 0 saturated carbocycles. The van der Waals surface area contributed by atoms with E-state index >= 15 is 0 Å². The second-order valence-electron chi connectivity index (χ2n) is 5.09. The van der Waals surface area contributed by atoms with Gasteiger partial charge in [-0.15, -0.1) is 11.3 Å². The molecule has 0 aliphatic carbocycles. The number of thiophene rings is 1. The topological polar surface area (TPSA) is 49.3 Å². The molecule has 3 nitrogen and oxygen atoms in total. The predicted octanol–water partition coefficient (Wildman–Crippen LogP) is 5.82. The monoisotopic (exact) mass is 343 g/mol. The van der Waals surface area contributed by atoms with Crippen LogP contribution in [-0.2, 0) is 0 Å². The van der Waals surface area contributed by atoms with E-state index in [0.717, 1.165) is 26.8 Å². The number of nitrogens with one attached hydrogen (secondary N) is 1. The molecule has 0 radical (unpaired) electrons. The lowest BCUT2D eigenvalue weighted by Crippen LogP contribution is -1.96. The molecule has 0 atom stereocenters. The van der Waals surface area contributed by atoms with E-state index in [1.54, 1.807) is 35.6 Å². The zero-order valence-electron chi connectivity index (χ0n) is 12.3. The molecule has 23 heavy (non-hydrogen) atoms. The zero-order chi connectivity index (χ0) is 16.4. The summed E-state index contributed by atoms with van der Waals surface area (Å²) in [6.45, 7) is 2.08. The van der Waals surface area contributed by atoms with Gasteiger partial charge in [0.25, 0.3) is 0 Å². The minimum atomic E-state index is -0.923. The van der Waals surface area contributed by atoms with Gasteiger partial charge < -0.3 is 10.4 Å². The number of anilines is 2. The molecule has 2 N–H and O–H groups in total. The fraction of sp³-hybridized carbons (Fsp3) is 0.0556. The van der Waals surface area contributed by atoms with E-state index < -0.39 is 5.97 Å². The molecule has 116 valence electrons. The van der Waals surface area contributed by atoms with Gasteiger partial charge in [-0.05, 0) is 60.5 Å². The number of rotatable bonds is 4. The molecule has 0 unspecified atom stereocenters. The van der Waals surface area contributed by atoms with Crippen LogP contribution in [0.1, 0.15) is 15.2 Å². The third kappa shape index (κ3) is 3.55. The molecule has 1 heterocycles. The van der Waals surface area contributed by atoms with Gasteiger partial charge in [0.1, 0.15) is 0 Å². The first-order chi connectivity index (χ1) is 11.0. The molecule has 0 saturated heterocycles. The Hall–Kier alpha value is -2.30. The highest BCUT2D eigenvalue weighted by Crippen LogP contribution is 2.36. The van der Waals surface area contributed by atoms with Crippen molar-refractivity contribution in [2.45, 2.75) is 6.92 Å². The summed E-state index contributed by atoms with van der Waals surface area (Å²) in [5.41, 5.74) is 3.42. The molecule has 5 heteroatoms. The van der Waals surface area contributed by atoms with Crippen LogP contribution in [0.25, 0.3) is 11.1 Å². The van der Waals surface area contributed by atoms with Crippen LogP contribution >= 0.6 is 22.9 Å². The first-order valence-corrected chi connectivity index (χ1v) is 8.19. The fourth-order valence-electron chi connectivity index (χ4n) is 2.30. The molecule has 0 aliphatic heterocycles. The van der Waals surface area contributed by atoms with Crippen LogP contribution in [-0.4, -0.2) is 11.1 Å². The summed E-state index contributed by atoms with van der Waals surface area (Å²) in [5, 5.41) is 14.0. The Kier molecular flexibility index (Phi) is 4.37. The maximum Gasteiger partial charge on any atom is 0.335 e. The van der Waals surface area contributed by atoms with Crippen LogP contribution in [0.4, 0.5) is 10.7 Å². The summed E-state index contributed by atoms with van der Waals surface area (Å²) in [5.74, 6) is -0.923. The first-order valence-electron chi connectivity index (χ1n) is 7.00. The molecule has 2 aromatic carbocycles. The SMILES string of the molecule is Cc1sc(Nc2ccc(C(=O)O)cc2)cc1-c1ccc(Cl)cc1.